The molecular formula is C20H15N5O2. The second-order valence-corrected chi connectivity index (χ2v) is 5.83. The summed E-state index contributed by atoms with van der Waals surface area (Å²) < 4.78 is 6.75. The lowest BCUT2D eigenvalue weighted by Crippen LogP contribution is -2.06. The highest BCUT2D eigenvalue weighted by molar-refractivity contribution is 5.92. The highest BCUT2D eigenvalue weighted by Gasteiger charge is 2.21. The zero-order valence-corrected chi connectivity index (χ0v) is 14.5. The molecule has 0 saturated carbocycles. The number of nitrogens with one attached hydrogen (secondary N) is 1. The average molecular weight is 357 g/mol. The van der Waals surface area contributed by atoms with E-state index in [9.17, 15) is 10.1 Å². The summed E-state index contributed by atoms with van der Waals surface area (Å²) in [6.45, 7) is 1.93. The van der Waals surface area contributed by atoms with Crippen LogP contribution in [0.5, 0.6) is 0 Å². The standard InChI is InChI=1S/C20H15N5O2/c1-2-27-20(26)19-16(11-21)18(22-23-19)13-7-9-15(10-8-13)25-12-14-5-3-4-6-17(14)24-25/h3-10,12H,2H2,1H3,(H,22,23). The van der Waals surface area contributed by atoms with Gasteiger partial charge in [0.1, 0.15) is 17.3 Å². The van der Waals surface area contributed by atoms with E-state index in [0.29, 0.717) is 5.69 Å². The van der Waals surface area contributed by atoms with Crippen LogP contribution in [0.15, 0.2) is 54.7 Å². The zero-order valence-electron chi connectivity index (χ0n) is 14.5. The number of hydrogen-bond acceptors (Lipinski definition) is 5. The molecule has 0 spiro atoms. The molecular weight excluding hydrogens is 342 g/mol. The fourth-order valence-electron chi connectivity index (χ4n) is 2.88. The van der Waals surface area contributed by atoms with Crippen LogP contribution in [-0.4, -0.2) is 32.6 Å². The smallest absolute Gasteiger partial charge is 0.357 e. The van der Waals surface area contributed by atoms with E-state index >= 15 is 0 Å². The number of benzene rings is 2. The van der Waals surface area contributed by atoms with Gasteiger partial charge in [-0.3, -0.25) is 5.10 Å². The topological polar surface area (TPSA) is 96.6 Å². The Balaban J connectivity index is 1.68. The minimum absolute atomic E-state index is 0.0664. The maximum absolute atomic E-state index is 11.9. The number of aromatic amines is 1. The quantitative estimate of drug-likeness (QED) is 0.564. The van der Waals surface area contributed by atoms with E-state index in [2.05, 4.69) is 15.3 Å². The third-order valence-corrected chi connectivity index (χ3v) is 4.18. The number of nitriles is 1. The molecule has 0 aliphatic heterocycles. The van der Waals surface area contributed by atoms with Gasteiger partial charge in [0, 0.05) is 17.1 Å². The van der Waals surface area contributed by atoms with Crippen molar-refractivity contribution in [3.8, 4) is 23.0 Å². The molecule has 0 amide bonds. The van der Waals surface area contributed by atoms with Gasteiger partial charge in [0.05, 0.1) is 17.8 Å². The van der Waals surface area contributed by atoms with Gasteiger partial charge in [-0.1, -0.05) is 30.3 Å². The van der Waals surface area contributed by atoms with Crippen LogP contribution < -0.4 is 0 Å². The molecule has 7 nitrogen and oxygen atoms in total. The third kappa shape index (κ3) is 2.93. The summed E-state index contributed by atoms with van der Waals surface area (Å²) in [6, 6.07) is 17.4. The molecule has 2 aromatic carbocycles. The zero-order chi connectivity index (χ0) is 18.8. The van der Waals surface area contributed by atoms with Gasteiger partial charge in [-0.15, -0.1) is 0 Å². The van der Waals surface area contributed by atoms with Gasteiger partial charge < -0.3 is 4.74 Å². The molecule has 0 bridgehead atoms. The molecule has 132 valence electrons. The second-order valence-electron chi connectivity index (χ2n) is 5.83. The van der Waals surface area contributed by atoms with Gasteiger partial charge in [-0.05, 0) is 25.1 Å². The van der Waals surface area contributed by atoms with Crippen molar-refractivity contribution >= 4 is 16.9 Å². The number of esters is 1. The third-order valence-electron chi connectivity index (χ3n) is 4.18. The summed E-state index contributed by atoms with van der Waals surface area (Å²) in [7, 11) is 0. The molecule has 0 saturated heterocycles. The molecule has 0 fully saturated rings. The van der Waals surface area contributed by atoms with E-state index in [1.165, 1.54) is 0 Å². The monoisotopic (exact) mass is 357 g/mol. The molecule has 0 aliphatic rings. The van der Waals surface area contributed by atoms with E-state index in [1.54, 1.807) is 11.6 Å². The SMILES string of the molecule is CCOC(=O)c1[nH]nc(-c2ccc(-n3cc4ccccc4n3)cc2)c1C#N. The van der Waals surface area contributed by atoms with E-state index in [4.69, 9.17) is 4.74 Å². The lowest BCUT2D eigenvalue weighted by molar-refractivity contribution is 0.0519. The predicted molar refractivity (Wildman–Crippen MR) is 99.3 cm³/mol. The molecule has 0 radical (unpaired) electrons. The van der Waals surface area contributed by atoms with Crippen LogP contribution in [0.3, 0.4) is 0 Å². The van der Waals surface area contributed by atoms with E-state index in [-0.39, 0.29) is 17.9 Å². The highest BCUT2D eigenvalue weighted by atomic mass is 16.5. The van der Waals surface area contributed by atoms with Gasteiger partial charge in [0.15, 0.2) is 5.69 Å². The van der Waals surface area contributed by atoms with E-state index in [1.807, 2.05) is 60.8 Å². The average Bonchev–Trinajstić information content (AvgIpc) is 3.32. The molecule has 0 aliphatic carbocycles. The number of rotatable bonds is 4. The van der Waals surface area contributed by atoms with Crippen molar-refractivity contribution < 1.29 is 9.53 Å². The Bertz CT molecular complexity index is 1130. The minimum Gasteiger partial charge on any atom is -0.461 e. The Labute approximate surface area is 154 Å². The lowest BCUT2D eigenvalue weighted by atomic mass is 10.1. The number of H-pyrrole nitrogens is 1. The van der Waals surface area contributed by atoms with Crippen molar-refractivity contribution in [2.24, 2.45) is 0 Å². The Morgan fingerprint density at radius 1 is 1.22 bits per heavy atom. The highest BCUT2D eigenvalue weighted by Crippen LogP contribution is 2.25. The lowest BCUT2D eigenvalue weighted by Gasteiger charge is -2.03. The van der Waals surface area contributed by atoms with Crippen molar-refractivity contribution in [2.75, 3.05) is 6.61 Å². The Morgan fingerprint density at radius 3 is 2.70 bits per heavy atom. The van der Waals surface area contributed by atoms with Gasteiger partial charge in [0.25, 0.3) is 0 Å². The number of hydrogen-bond donors (Lipinski definition) is 1. The van der Waals surface area contributed by atoms with Crippen LogP contribution in [0.25, 0.3) is 27.8 Å². The first kappa shape index (κ1) is 16.5. The van der Waals surface area contributed by atoms with E-state index < -0.39 is 5.97 Å². The molecule has 0 atom stereocenters. The summed E-state index contributed by atoms with van der Waals surface area (Å²) in [5, 5.41) is 21.8. The fourth-order valence-corrected chi connectivity index (χ4v) is 2.88. The largest absolute Gasteiger partial charge is 0.461 e. The number of carbonyl (C=O) groups excluding carboxylic acids is 1. The molecule has 0 unspecified atom stereocenters. The van der Waals surface area contributed by atoms with Gasteiger partial charge in [-0.25, -0.2) is 9.48 Å². The predicted octanol–water partition coefficient (Wildman–Crippen LogP) is 3.46. The first-order valence-corrected chi connectivity index (χ1v) is 8.42. The van der Waals surface area contributed by atoms with Crippen molar-refractivity contribution in [3.05, 3.63) is 66.0 Å². The van der Waals surface area contributed by atoms with Crippen molar-refractivity contribution in [1.82, 2.24) is 20.0 Å². The van der Waals surface area contributed by atoms with Crippen molar-refractivity contribution in [1.29, 1.82) is 5.26 Å². The normalized spacial score (nSPS) is 10.7. The van der Waals surface area contributed by atoms with E-state index in [0.717, 1.165) is 22.2 Å². The Hall–Kier alpha value is -3.92. The molecule has 1 N–H and O–H groups in total. The summed E-state index contributed by atoms with van der Waals surface area (Å²) in [5.41, 5.74) is 3.17. The summed E-state index contributed by atoms with van der Waals surface area (Å²) in [5.74, 6) is -0.590. The number of fused-ring (bicyclic) bond motifs is 1. The van der Waals surface area contributed by atoms with Crippen LogP contribution in [-0.2, 0) is 4.74 Å². The number of aromatic nitrogens is 4. The van der Waals surface area contributed by atoms with Gasteiger partial charge in [0.2, 0.25) is 0 Å². The molecule has 2 aromatic heterocycles. The first-order valence-electron chi connectivity index (χ1n) is 8.42. The Kier molecular flexibility index (Phi) is 4.15. The summed E-state index contributed by atoms with van der Waals surface area (Å²) in [6.07, 6.45) is 1.96. The number of carbonyl (C=O) groups is 1. The Morgan fingerprint density at radius 2 is 2.00 bits per heavy atom. The first-order chi connectivity index (χ1) is 13.2. The fraction of sp³-hybridized carbons (Fsp3) is 0.100. The van der Waals surface area contributed by atoms with Crippen LogP contribution in [0.1, 0.15) is 23.0 Å². The maximum atomic E-state index is 11.9. The molecule has 4 rings (SSSR count). The second kappa shape index (κ2) is 6.77. The van der Waals surface area contributed by atoms with Crippen LogP contribution in [0.2, 0.25) is 0 Å². The molecule has 2 heterocycles. The van der Waals surface area contributed by atoms with Gasteiger partial charge >= 0.3 is 5.97 Å². The minimum atomic E-state index is -0.590. The van der Waals surface area contributed by atoms with Crippen LogP contribution in [0.4, 0.5) is 0 Å². The van der Waals surface area contributed by atoms with Gasteiger partial charge in [-0.2, -0.15) is 15.5 Å². The molecule has 7 heteroatoms. The maximum Gasteiger partial charge on any atom is 0.357 e. The summed E-state index contributed by atoms with van der Waals surface area (Å²) in [4.78, 5) is 11.9. The summed E-state index contributed by atoms with van der Waals surface area (Å²) >= 11 is 0. The van der Waals surface area contributed by atoms with Crippen molar-refractivity contribution in [2.45, 2.75) is 6.92 Å². The van der Waals surface area contributed by atoms with Crippen LogP contribution >= 0.6 is 0 Å². The van der Waals surface area contributed by atoms with Crippen LogP contribution in [0, 0.1) is 11.3 Å². The molecule has 27 heavy (non-hydrogen) atoms. The number of ether oxygens (including phenoxy) is 1. The number of nitrogens with zero attached hydrogens (tertiary/aromatic N) is 4. The van der Waals surface area contributed by atoms with Crippen molar-refractivity contribution in [3.63, 3.8) is 0 Å². The molecule has 4 aromatic rings.